The van der Waals surface area contributed by atoms with Crippen LogP contribution in [0.5, 0.6) is 0 Å². The number of urea groups is 1. The Labute approximate surface area is 145 Å². The molecule has 0 unspecified atom stereocenters. The second-order valence-corrected chi connectivity index (χ2v) is 6.18. The second kappa shape index (κ2) is 6.93. The lowest BCUT2D eigenvalue weighted by molar-refractivity contribution is -0.117. The van der Waals surface area contributed by atoms with Crippen molar-refractivity contribution in [1.82, 2.24) is 0 Å². The van der Waals surface area contributed by atoms with E-state index < -0.39 is 0 Å². The van der Waals surface area contributed by atoms with Crippen LogP contribution in [0.2, 0.25) is 5.02 Å². The number of benzene rings is 2. The van der Waals surface area contributed by atoms with Gasteiger partial charge in [0.05, 0.1) is 0 Å². The number of anilines is 3. The number of hydrogen-bond donors (Lipinski definition) is 2. The fourth-order valence-corrected chi connectivity index (χ4v) is 2.99. The first-order valence-electron chi connectivity index (χ1n) is 7.77. The topological polar surface area (TPSA) is 61.4 Å². The summed E-state index contributed by atoms with van der Waals surface area (Å²) in [6.45, 7) is 2.68. The molecule has 0 aliphatic carbocycles. The number of carbonyl (C=O) groups excluding carboxylic acids is 2. The molecule has 5 nitrogen and oxygen atoms in total. The number of carbonyl (C=O) groups is 2. The number of rotatable bonds is 3. The SMILES string of the molecule is Cc1cc(NC(=O)Nc2cccc(Cl)c2)ccc1N1CCCC1=O. The number of hydrogen-bond acceptors (Lipinski definition) is 2. The van der Waals surface area contributed by atoms with Crippen LogP contribution in [0.25, 0.3) is 0 Å². The summed E-state index contributed by atoms with van der Waals surface area (Å²) in [5.41, 5.74) is 3.14. The molecule has 1 aliphatic rings. The molecule has 1 aliphatic heterocycles. The summed E-state index contributed by atoms with van der Waals surface area (Å²) >= 11 is 5.90. The van der Waals surface area contributed by atoms with E-state index in [1.807, 2.05) is 19.1 Å². The maximum atomic E-state index is 12.1. The third kappa shape index (κ3) is 3.68. The minimum atomic E-state index is -0.346. The molecule has 3 rings (SSSR count). The average molecular weight is 344 g/mol. The van der Waals surface area contributed by atoms with E-state index >= 15 is 0 Å². The van der Waals surface area contributed by atoms with Crippen molar-refractivity contribution in [2.75, 3.05) is 22.1 Å². The number of halogens is 1. The molecule has 0 atom stereocenters. The van der Waals surface area contributed by atoms with Gasteiger partial charge in [0.25, 0.3) is 0 Å². The Morgan fingerprint density at radius 3 is 2.50 bits per heavy atom. The van der Waals surface area contributed by atoms with E-state index in [-0.39, 0.29) is 11.9 Å². The Morgan fingerprint density at radius 2 is 1.88 bits per heavy atom. The molecule has 2 N–H and O–H groups in total. The third-order valence-corrected chi connectivity index (χ3v) is 4.14. The summed E-state index contributed by atoms with van der Waals surface area (Å²) in [6, 6.07) is 12.1. The highest BCUT2D eigenvalue weighted by Crippen LogP contribution is 2.27. The Morgan fingerprint density at radius 1 is 1.12 bits per heavy atom. The van der Waals surface area contributed by atoms with Crippen molar-refractivity contribution in [2.45, 2.75) is 19.8 Å². The quantitative estimate of drug-likeness (QED) is 0.866. The Balaban J connectivity index is 1.68. The first-order valence-corrected chi connectivity index (χ1v) is 8.15. The summed E-state index contributed by atoms with van der Waals surface area (Å²) in [5.74, 6) is 0.150. The molecule has 1 saturated heterocycles. The molecule has 1 heterocycles. The zero-order valence-electron chi connectivity index (χ0n) is 13.3. The molecule has 2 aromatic rings. The molecule has 0 saturated carbocycles. The zero-order valence-corrected chi connectivity index (χ0v) is 14.1. The first kappa shape index (κ1) is 16.3. The third-order valence-electron chi connectivity index (χ3n) is 3.90. The molecule has 3 amide bonds. The van der Waals surface area contributed by atoms with Crippen molar-refractivity contribution in [3.63, 3.8) is 0 Å². The van der Waals surface area contributed by atoms with Crippen LogP contribution in [0.15, 0.2) is 42.5 Å². The van der Waals surface area contributed by atoms with Gasteiger partial charge in [-0.3, -0.25) is 4.79 Å². The van der Waals surface area contributed by atoms with Crippen LogP contribution in [-0.4, -0.2) is 18.5 Å². The number of nitrogens with zero attached hydrogens (tertiary/aromatic N) is 1. The van der Waals surface area contributed by atoms with E-state index in [4.69, 9.17) is 11.6 Å². The highest BCUT2D eigenvalue weighted by molar-refractivity contribution is 6.30. The molecule has 2 aromatic carbocycles. The van der Waals surface area contributed by atoms with E-state index in [0.29, 0.717) is 22.8 Å². The lowest BCUT2D eigenvalue weighted by Gasteiger charge is -2.19. The molecule has 0 spiro atoms. The fraction of sp³-hybridized carbons (Fsp3) is 0.222. The van der Waals surface area contributed by atoms with E-state index in [9.17, 15) is 9.59 Å². The van der Waals surface area contributed by atoms with Gasteiger partial charge in [-0.2, -0.15) is 0 Å². The van der Waals surface area contributed by atoms with Crippen LogP contribution in [0, 0.1) is 6.92 Å². The van der Waals surface area contributed by atoms with Crippen molar-refractivity contribution in [2.24, 2.45) is 0 Å². The van der Waals surface area contributed by atoms with Gasteiger partial charge in [-0.05, 0) is 55.3 Å². The summed E-state index contributed by atoms with van der Waals surface area (Å²) in [7, 11) is 0. The number of amides is 3. The van der Waals surface area contributed by atoms with Crippen molar-refractivity contribution in [1.29, 1.82) is 0 Å². The van der Waals surface area contributed by atoms with Crippen LogP contribution < -0.4 is 15.5 Å². The van der Waals surface area contributed by atoms with Gasteiger partial charge in [0.2, 0.25) is 5.91 Å². The fourth-order valence-electron chi connectivity index (χ4n) is 2.80. The Hall–Kier alpha value is -2.53. The molecule has 1 fully saturated rings. The minimum absolute atomic E-state index is 0.150. The van der Waals surface area contributed by atoms with Crippen LogP contribution >= 0.6 is 11.6 Å². The smallest absolute Gasteiger partial charge is 0.312 e. The van der Waals surface area contributed by atoms with E-state index in [0.717, 1.165) is 24.2 Å². The molecule has 0 aromatic heterocycles. The molecular weight excluding hydrogens is 326 g/mol. The van der Waals surface area contributed by atoms with Crippen molar-refractivity contribution >= 4 is 40.6 Å². The maximum absolute atomic E-state index is 12.1. The minimum Gasteiger partial charge on any atom is -0.312 e. The van der Waals surface area contributed by atoms with Crippen LogP contribution in [0.4, 0.5) is 21.9 Å². The highest BCUT2D eigenvalue weighted by Gasteiger charge is 2.22. The molecule has 6 heteroatoms. The first-order chi connectivity index (χ1) is 11.5. The normalized spacial score (nSPS) is 13.9. The molecule has 24 heavy (non-hydrogen) atoms. The summed E-state index contributed by atoms with van der Waals surface area (Å²) in [6.07, 6.45) is 1.49. The van der Waals surface area contributed by atoms with Crippen molar-refractivity contribution < 1.29 is 9.59 Å². The number of nitrogens with one attached hydrogen (secondary N) is 2. The van der Waals surface area contributed by atoms with E-state index in [1.54, 1.807) is 35.2 Å². The summed E-state index contributed by atoms with van der Waals surface area (Å²) < 4.78 is 0. The molecule has 0 radical (unpaired) electrons. The monoisotopic (exact) mass is 343 g/mol. The van der Waals surface area contributed by atoms with Crippen molar-refractivity contribution in [3.05, 3.63) is 53.1 Å². The summed E-state index contributed by atoms with van der Waals surface area (Å²) in [5, 5.41) is 6.07. The second-order valence-electron chi connectivity index (χ2n) is 5.74. The molecule has 0 bridgehead atoms. The van der Waals surface area contributed by atoms with Gasteiger partial charge in [0, 0.05) is 35.1 Å². The Kier molecular flexibility index (Phi) is 4.71. The zero-order chi connectivity index (χ0) is 17.1. The maximum Gasteiger partial charge on any atom is 0.323 e. The van der Waals surface area contributed by atoms with Crippen LogP contribution in [0.3, 0.4) is 0 Å². The van der Waals surface area contributed by atoms with Gasteiger partial charge in [-0.1, -0.05) is 17.7 Å². The van der Waals surface area contributed by atoms with Gasteiger partial charge in [0.1, 0.15) is 0 Å². The van der Waals surface area contributed by atoms with Gasteiger partial charge < -0.3 is 15.5 Å². The molecular formula is C18H18ClN3O2. The predicted octanol–water partition coefficient (Wildman–Crippen LogP) is 4.42. The van der Waals surface area contributed by atoms with Gasteiger partial charge >= 0.3 is 6.03 Å². The van der Waals surface area contributed by atoms with Crippen LogP contribution in [-0.2, 0) is 4.79 Å². The average Bonchev–Trinajstić information content (AvgIpc) is 2.93. The number of aryl methyl sites for hydroxylation is 1. The predicted molar refractivity (Wildman–Crippen MR) is 96.9 cm³/mol. The standard InChI is InChI=1S/C18H18ClN3O2/c1-12-10-15(7-8-16(12)22-9-3-6-17(22)23)21-18(24)20-14-5-2-4-13(19)11-14/h2,4-5,7-8,10-11H,3,6,9H2,1H3,(H2,20,21,24). The molecule has 124 valence electrons. The lowest BCUT2D eigenvalue weighted by atomic mass is 10.1. The van der Waals surface area contributed by atoms with Gasteiger partial charge in [-0.15, -0.1) is 0 Å². The van der Waals surface area contributed by atoms with E-state index in [2.05, 4.69) is 10.6 Å². The van der Waals surface area contributed by atoms with Crippen LogP contribution in [0.1, 0.15) is 18.4 Å². The summed E-state index contributed by atoms with van der Waals surface area (Å²) in [4.78, 5) is 25.7. The van der Waals surface area contributed by atoms with Gasteiger partial charge in [-0.25, -0.2) is 4.79 Å². The van der Waals surface area contributed by atoms with Crippen molar-refractivity contribution in [3.8, 4) is 0 Å². The van der Waals surface area contributed by atoms with Gasteiger partial charge in [0.15, 0.2) is 0 Å². The largest absolute Gasteiger partial charge is 0.323 e. The van der Waals surface area contributed by atoms with E-state index in [1.165, 1.54) is 0 Å². The lowest BCUT2D eigenvalue weighted by Crippen LogP contribution is -2.24. The Bertz CT molecular complexity index is 792. The highest BCUT2D eigenvalue weighted by atomic mass is 35.5.